The van der Waals surface area contributed by atoms with E-state index in [9.17, 15) is 0 Å². The minimum absolute atomic E-state index is 1.03. The molecule has 0 amide bonds. The van der Waals surface area contributed by atoms with Crippen molar-refractivity contribution in [1.29, 1.82) is 0 Å². The summed E-state index contributed by atoms with van der Waals surface area (Å²) in [6, 6.07) is 85.2. The van der Waals surface area contributed by atoms with E-state index in [1.807, 2.05) is 0 Å². The molecule has 0 aliphatic heterocycles. The van der Waals surface area contributed by atoms with E-state index in [1.54, 1.807) is 0 Å². The van der Waals surface area contributed by atoms with E-state index in [0.29, 0.717) is 0 Å². The van der Waals surface area contributed by atoms with Crippen molar-refractivity contribution in [3.05, 3.63) is 261 Å². The number of hydrogen-bond acceptors (Lipinski definition) is 2. The van der Waals surface area contributed by atoms with Gasteiger partial charge in [0.1, 0.15) is 0 Å². The van der Waals surface area contributed by atoms with Crippen LogP contribution < -0.4 is 9.80 Å². The molecule has 0 atom stereocenters. The third-order valence-electron chi connectivity index (χ3n) is 11.7. The lowest BCUT2D eigenvalue weighted by atomic mass is 10.00. The number of benzene rings is 9. The topological polar surface area (TPSA) is 6.48 Å². The van der Waals surface area contributed by atoms with Gasteiger partial charge < -0.3 is 9.80 Å². The third kappa shape index (κ3) is 8.28. The Kier molecular flexibility index (Phi) is 10.9. The van der Waals surface area contributed by atoms with Crippen LogP contribution in [0.25, 0.3) is 55.6 Å². The van der Waals surface area contributed by atoms with Gasteiger partial charge in [-0.05, 0) is 135 Å². The molecule has 0 unspecified atom stereocenters. The summed E-state index contributed by atoms with van der Waals surface area (Å²) in [5.74, 6) is 0. The zero-order valence-electron chi connectivity index (χ0n) is 34.6. The van der Waals surface area contributed by atoms with Crippen molar-refractivity contribution < 1.29 is 0 Å². The van der Waals surface area contributed by atoms with Crippen molar-refractivity contribution in [1.82, 2.24) is 0 Å². The molecule has 1 aliphatic carbocycles. The minimum atomic E-state index is 1.03. The SMILES string of the molecule is C1=CC(N(c2ccc(-c3ccc(-c4ccccc4)cc3)cc2)c2ccc(-c3ccc(N(c4ccc(-c5ccccc5)cc4)c4ccc(-c5ccccc5)cc4)cc3)cc2)=CCC1. The molecule has 9 aromatic carbocycles. The van der Waals surface area contributed by atoms with Crippen molar-refractivity contribution in [2.75, 3.05) is 9.80 Å². The molecule has 0 fully saturated rings. The molecule has 296 valence electrons. The molecule has 10 rings (SSSR count). The molecule has 0 spiro atoms. The van der Waals surface area contributed by atoms with Gasteiger partial charge in [-0.15, -0.1) is 0 Å². The highest BCUT2D eigenvalue weighted by Gasteiger charge is 2.17. The summed E-state index contributed by atoms with van der Waals surface area (Å²) in [5.41, 5.74) is 18.8. The van der Waals surface area contributed by atoms with E-state index in [0.717, 1.165) is 41.3 Å². The summed E-state index contributed by atoms with van der Waals surface area (Å²) in [4.78, 5) is 4.71. The Labute approximate surface area is 365 Å². The standard InChI is InChI=1S/C60H46N2/c1-5-13-45(14-6-1)48-21-23-49(24-22-48)52-29-39-56(40-30-52)61(55-19-11-4-12-20-55)57-41-31-53(32-42-57)54-33-43-60(44-34-54)62(58-35-25-50(26-36-58)46-15-7-2-8-16-46)59-37-27-51(28-38-59)47-17-9-3-10-18-47/h1-3,5-11,13-44H,4,12H2. The summed E-state index contributed by atoms with van der Waals surface area (Å²) < 4.78 is 0. The van der Waals surface area contributed by atoms with Crippen LogP contribution in [0.4, 0.5) is 28.4 Å². The maximum absolute atomic E-state index is 2.37. The Hall–Kier alpha value is -7.94. The van der Waals surface area contributed by atoms with Gasteiger partial charge in [0.2, 0.25) is 0 Å². The van der Waals surface area contributed by atoms with Crippen LogP contribution in [-0.2, 0) is 0 Å². The van der Waals surface area contributed by atoms with Crippen molar-refractivity contribution in [3.8, 4) is 55.6 Å². The average molecular weight is 795 g/mol. The molecule has 0 saturated heterocycles. The second kappa shape index (κ2) is 17.7. The second-order valence-corrected chi connectivity index (χ2v) is 15.7. The van der Waals surface area contributed by atoms with E-state index in [2.05, 4.69) is 265 Å². The van der Waals surface area contributed by atoms with Crippen LogP contribution in [-0.4, -0.2) is 0 Å². The minimum Gasteiger partial charge on any atom is -0.311 e. The van der Waals surface area contributed by atoms with Crippen LogP contribution in [0.3, 0.4) is 0 Å². The van der Waals surface area contributed by atoms with E-state index < -0.39 is 0 Å². The summed E-state index contributed by atoms with van der Waals surface area (Å²) in [6.45, 7) is 0. The molecular weight excluding hydrogens is 749 g/mol. The normalized spacial score (nSPS) is 12.1. The Morgan fingerprint density at radius 3 is 0.726 bits per heavy atom. The molecule has 9 aromatic rings. The first-order chi connectivity index (χ1) is 30.7. The smallest absolute Gasteiger partial charge is 0.0462 e. The van der Waals surface area contributed by atoms with Gasteiger partial charge in [-0.2, -0.15) is 0 Å². The maximum Gasteiger partial charge on any atom is 0.0462 e. The molecule has 0 aromatic heterocycles. The summed E-state index contributed by atoms with van der Waals surface area (Å²) >= 11 is 0. The monoisotopic (exact) mass is 794 g/mol. The van der Waals surface area contributed by atoms with E-state index >= 15 is 0 Å². The van der Waals surface area contributed by atoms with Crippen molar-refractivity contribution in [3.63, 3.8) is 0 Å². The van der Waals surface area contributed by atoms with Gasteiger partial charge in [0.05, 0.1) is 0 Å². The largest absolute Gasteiger partial charge is 0.311 e. The van der Waals surface area contributed by atoms with Crippen molar-refractivity contribution >= 4 is 28.4 Å². The number of allylic oxidation sites excluding steroid dienone is 3. The Morgan fingerprint density at radius 2 is 0.468 bits per heavy atom. The Balaban J connectivity index is 0.919. The molecule has 2 nitrogen and oxygen atoms in total. The van der Waals surface area contributed by atoms with Crippen molar-refractivity contribution in [2.24, 2.45) is 0 Å². The fourth-order valence-corrected chi connectivity index (χ4v) is 8.42. The third-order valence-corrected chi connectivity index (χ3v) is 11.7. The zero-order chi connectivity index (χ0) is 41.5. The maximum atomic E-state index is 2.37. The van der Waals surface area contributed by atoms with E-state index in [4.69, 9.17) is 0 Å². The lowest BCUT2D eigenvalue weighted by molar-refractivity contribution is 0.997. The molecule has 0 bridgehead atoms. The van der Waals surface area contributed by atoms with Gasteiger partial charge in [0.25, 0.3) is 0 Å². The summed E-state index contributed by atoms with van der Waals surface area (Å²) in [5, 5.41) is 0. The first-order valence-corrected chi connectivity index (χ1v) is 21.5. The van der Waals surface area contributed by atoms with Gasteiger partial charge in [0, 0.05) is 34.1 Å². The molecular formula is C60H46N2. The number of hydrogen-bond donors (Lipinski definition) is 0. The Morgan fingerprint density at radius 1 is 0.226 bits per heavy atom. The number of anilines is 5. The van der Waals surface area contributed by atoms with Crippen LogP contribution in [0.1, 0.15) is 12.8 Å². The van der Waals surface area contributed by atoms with Gasteiger partial charge in [-0.1, -0.05) is 188 Å². The zero-order valence-corrected chi connectivity index (χ0v) is 34.6. The van der Waals surface area contributed by atoms with Crippen molar-refractivity contribution in [2.45, 2.75) is 12.8 Å². The predicted octanol–water partition coefficient (Wildman–Crippen LogP) is 16.9. The quantitative estimate of drug-likeness (QED) is 0.129. The second-order valence-electron chi connectivity index (χ2n) is 15.7. The summed E-state index contributed by atoms with van der Waals surface area (Å²) in [7, 11) is 0. The summed E-state index contributed by atoms with van der Waals surface area (Å²) in [6.07, 6.45) is 8.98. The molecule has 0 heterocycles. The van der Waals surface area contributed by atoms with E-state index in [1.165, 1.54) is 61.3 Å². The van der Waals surface area contributed by atoms with Crippen LogP contribution in [0.2, 0.25) is 0 Å². The lowest BCUT2D eigenvalue weighted by Crippen LogP contribution is -2.16. The van der Waals surface area contributed by atoms with Gasteiger partial charge in [-0.3, -0.25) is 0 Å². The van der Waals surface area contributed by atoms with E-state index in [-0.39, 0.29) is 0 Å². The highest BCUT2D eigenvalue weighted by molar-refractivity contribution is 5.82. The first kappa shape index (κ1) is 38.3. The van der Waals surface area contributed by atoms with Crippen LogP contribution in [0.5, 0.6) is 0 Å². The lowest BCUT2D eigenvalue weighted by Gasteiger charge is -2.28. The molecule has 0 saturated carbocycles. The fraction of sp³-hybridized carbons (Fsp3) is 0.0333. The molecule has 62 heavy (non-hydrogen) atoms. The van der Waals surface area contributed by atoms with Gasteiger partial charge in [0.15, 0.2) is 0 Å². The van der Waals surface area contributed by atoms with Gasteiger partial charge in [-0.25, -0.2) is 0 Å². The fourth-order valence-electron chi connectivity index (χ4n) is 8.42. The van der Waals surface area contributed by atoms with Crippen LogP contribution in [0.15, 0.2) is 261 Å². The molecule has 1 aliphatic rings. The predicted molar refractivity (Wildman–Crippen MR) is 263 cm³/mol. The molecule has 0 N–H and O–H groups in total. The average Bonchev–Trinajstić information content (AvgIpc) is 3.36. The van der Waals surface area contributed by atoms with Crippen LogP contribution >= 0.6 is 0 Å². The number of rotatable bonds is 11. The first-order valence-electron chi connectivity index (χ1n) is 21.5. The molecule has 0 radical (unpaired) electrons. The van der Waals surface area contributed by atoms with Crippen LogP contribution in [0, 0.1) is 0 Å². The number of nitrogens with zero attached hydrogens (tertiary/aromatic N) is 2. The molecule has 2 heteroatoms. The highest BCUT2D eigenvalue weighted by Crippen LogP contribution is 2.39. The highest BCUT2D eigenvalue weighted by atomic mass is 15.1. The van der Waals surface area contributed by atoms with Gasteiger partial charge >= 0.3 is 0 Å². The Bertz CT molecular complexity index is 2830.